The van der Waals surface area contributed by atoms with E-state index in [0.29, 0.717) is 0 Å². The standard InChI is InChI=1S/C14H18BrNO4S/c1-3-20-13(17)14(8-16)11(12(14)21(2,18)19)9-4-6-10(15)7-5-9/h4-7,11-12H,3,8,16H2,1-2H3/t11-,12+,14+/m1/s1. The molecule has 5 nitrogen and oxygen atoms in total. The lowest BCUT2D eigenvalue weighted by molar-refractivity contribution is -0.149. The first-order chi connectivity index (χ1) is 9.79. The van der Waals surface area contributed by atoms with E-state index in [0.717, 1.165) is 16.3 Å². The summed E-state index contributed by atoms with van der Waals surface area (Å²) >= 11 is 3.33. The first kappa shape index (κ1) is 16.5. The van der Waals surface area contributed by atoms with Crippen LogP contribution in [0.5, 0.6) is 0 Å². The second-order valence-corrected chi connectivity index (χ2v) is 8.33. The highest BCUT2D eigenvalue weighted by atomic mass is 79.9. The van der Waals surface area contributed by atoms with Gasteiger partial charge in [-0.2, -0.15) is 0 Å². The van der Waals surface area contributed by atoms with E-state index in [2.05, 4.69) is 15.9 Å². The van der Waals surface area contributed by atoms with Crippen molar-refractivity contribution in [1.82, 2.24) is 0 Å². The third-order valence-corrected chi connectivity index (χ3v) is 6.08. The highest BCUT2D eigenvalue weighted by Gasteiger charge is 2.74. The molecule has 116 valence electrons. The molecule has 0 spiro atoms. The normalized spacial score (nSPS) is 28.2. The number of esters is 1. The van der Waals surface area contributed by atoms with Gasteiger partial charge in [0.2, 0.25) is 0 Å². The molecule has 1 aliphatic rings. The van der Waals surface area contributed by atoms with Gasteiger partial charge in [-0.15, -0.1) is 0 Å². The van der Waals surface area contributed by atoms with Gasteiger partial charge in [-0.1, -0.05) is 28.1 Å². The maximum Gasteiger partial charge on any atom is 0.315 e. The molecule has 1 fully saturated rings. The van der Waals surface area contributed by atoms with Crippen molar-refractivity contribution in [2.24, 2.45) is 11.1 Å². The fraction of sp³-hybridized carbons (Fsp3) is 0.500. The molecule has 0 amide bonds. The third-order valence-electron chi connectivity index (χ3n) is 3.94. The highest BCUT2D eigenvalue weighted by molar-refractivity contribution is 9.10. The Morgan fingerprint density at radius 3 is 2.38 bits per heavy atom. The van der Waals surface area contributed by atoms with Crippen LogP contribution in [-0.4, -0.2) is 39.0 Å². The molecule has 0 radical (unpaired) electrons. The van der Waals surface area contributed by atoms with Gasteiger partial charge in [0.05, 0.1) is 11.9 Å². The van der Waals surface area contributed by atoms with Gasteiger partial charge in [-0.05, 0) is 24.6 Å². The highest BCUT2D eigenvalue weighted by Crippen LogP contribution is 2.62. The van der Waals surface area contributed by atoms with Crippen molar-refractivity contribution in [3.8, 4) is 0 Å². The Balaban J connectivity index is 2.47. The Bertz CT molecular complexity index is 643. The van der Waals surface area contributed by atoms with Gasteiger partial charge in [-0.3, -0.25) is 4.79 Å². The SMILES string of the molecule is CCOC(=O)[C@@]1(CN)[C@H](c2ccc(Br)cc2)[C@@H]1S(C)(=O)=O. The summed E-state index contributed by atoms with van der Waals surface area (Å²) in [6.45, 7) is 1.84. The molecule has 0 aromatic heterocycles. The molecule has 1 saturated carbocycles. The van der Waals surface area contributed by atoms with E-state index < -0.39 is 32.4 Å². The molecule has 2 N–H and O–H groups in total. The number of carbonyl (C=O) groups excluding carboxylic acids is 1. The number of carbonyl (C=O) groups is 1. The molecule has 2 rings (SSSR count). The Morgan fingerprint density at radius 1 is 1.38 bits per heavy atom. The summed E-state index contributed by atoms with van der Waals surface area (Å²) < 4.78 is 30.1. The van der Waals surface area contributed by atoms with Gasteiger partial charge >= 0.3 is 5.97 Å². The van der Waals surface area contributed by atoms with Crippen LogP contribution in [0, 0.1) is 5.41 Å². The van der Waals surface area contributed by atoms with E-state index >= 15 is 0 Å². The summed E-state index contributed by atoms with van der Waals surface area (Å²) in [5.74, 6) is -0.986. The lowest BCUT2D eigenvalue weighted by Gasteiger charge is -2.14. The van der Waals surface area contributed by atoms with Crippen LogP contribution in [-0.2, 0) is 19.4 Å². The summed E-state index contributed by atoms with van der Waals surface area (Å²) in [7, 11) is -3.41. The van der Waals surface area contributed by atoms with Crippen molar-refractivity contribution in [2.45, 2.75) is 18.1 Å². The Kier molecular flexibility index (Phi) is 4.46. The first-order valence-corrected chi connectivity index (χ1v) is 9.35. The zero-order chi connectivity index (χ0) is 15.8. The van der Waals surface area contributed by atoms with Crippen LogP contribution in [0.4, 0.5) is 0 Å². The average Bonchev–Trinajstić information content (AvgIpc) is 3.10. The fourth-order valence-corrected chi connectivity index (χ4v) is 5.19. The van der Waals surface area contributed by atoms with E-state index in [1.165, 1.54) is 0 Å². The van der Waals surface area contributed by atoms with Gasteiger partial charge in [0.15, 0.2) is 9.84 Å². The Labute approximate surface area is 132 Å². The van der Waals surface area contributed by atoms with Crippen molar-refractivity contribution in [3.63, 3.8) is 0 Å². The molecular formula is C14H18BrNO4S. The van der Waals surface area contributed by atoms with Crippen molar-refractivity contribution < 1.29 is 17.9 Å². The molecule has 7 heteroatoms. The number of halogens is 1. The number of hydrogen-bond donors (Lipinski definition) is 1. The van der Waals surface area contributed by atoms with Crippen molar-refractivity contribution in [3.05, 3.63) is 34.3 Å². The smallest absolute Gasteiger partial charge is 0.315 e. The molecule has 1 aliphatic carbocycles. The largest absolute Gasteiger partial charge is 0.465 e. The molecule has 0 aliphatic heterocycles. The van der Waals surface area contributed by atoms with E-state index in [-0.39, 0.29) is 13.2 Å². The minimum atomic E-state index is -3.41. The molecule has 0 unspecified atom stereocenters. The molecule has 3 atom stereocenters. The third kappa shape index (κ3) is 2.74. The topological polar surface area (TPSA) is 86.5 Å². The van der Waals surface area contributed by atoms with Crippen LogP contribution < -0.4 is 5.73 Å². The number of hydrogen-bond acceptors (Lipinski definition) is 5. The fourth-order valence-electron chi connectivity index (χ4n) is 3.01. The summed E-state index contributed by atoms with van der Waals surface area (Å²) in [5, 5.41) is -0.824. The predicted molar refractivity (Wildman–Crippen MR) is 83.6 cm³/mol. The number of nitrogens with two attached hydrogens (primary N) is 1. The molecule has 1 aromatic rings. The first-order valence-electron chi connectivity index (χ1n) is 6.60. The van der Waals surface area contributed by atoms with Crippen molar-refractivity contribution >= 4 is 31.7 Å². The minimum absolute atomic E-state index is 0.0513. The summed E-state index contributed by atoms with van der Waals surface area (Å²) in [6, 6.07) is 7.26. The second-order valence-electron chi connectivity index (χ2n) is 5.24. The van der Waals surface area contributed by atoms with E-state index in [1.54, 1.807) is 6.92 Å². The molecule has 1 aromatic carbocycles. The van der Waals surface area contributed by atoms with Crippen LogP contribution in [0.1, 0.15) is 18.4 Å². The maximum atomic E-state index is 12.3. The molecule has 0 saturated heterocycles. The Hall–Kier alpha value is -0.920. The average molecular weight is 376 g/mol. The van der Waals surface area contributed by atoms with Crippen molar-refractivity contribution in [2.75, 3.05) is 19.4 Å². The zero-order valence-corrected chi connectivity index (χ0v) is 14.3. The van der Waals surface area contributed by atoms with Gasteiger partial charge in [0.25, 0.3) is 0 Å². The number of rotatable bonds is 5. The van der Waals surface area contributed by atoms with E-state index in [1.807, 2.05) is 24.3 Å². The predicted octanol–water partition coefficient (Wildman–Crippen LogP) is 1.47. The monoisotopic (exact) mass is 375 g/mol. The van der Waals surface area contributed by atoms with Crippen LogP contribution in [0.25, 0.3) is 0 Å². The van der Waals surface area contributed by atoms with Crippen LogP contribution in [0.15, 0.2) is 28.7 Å². The van der Waals surface area contributed by atoms with Crippen LogP contribution in [0.2, 0.25) is 0 Å². The summed E-state index contributed by atoms with van der Waals surface area (Å²) in [4.78, 5) is 12.3. The zero-order valence-electron chi connectivity index (χ0n) is 11.9. The molecule has 21 heavy (non-hydrogen) atoms. The van der Waals surface area contributed by atoms with Gasteiger partial charge in [0, 0.05) is 23.2 Å². The molecular weight excluding hydrogens is 358 g/mol. The van der Waals surface area contributed by atoms with Crippen molar-refractivity contribution in [1.29, 1.82) is 0 Å². The molecule has 0 heterocycles. The van der Waals surface area contributed by atoms with E-state index in [4.69, 9.17) is 10.5 Å². The number of ether oxygens (including phenoxy) is 1. The summed E-state index contributed by atoms with van der Waals surface area (Å²) in [6.07, 6.45) is 1.14. The van der Waals surface area contributed by atoms with Crippen LogP contribution in [0.3, 0.4) is 0 Å². The lowest BCUT2D eigenvalue weighted by atomic mass is 9.99. The van der Waals surface area contributed by atoms with Gasteiger partial charge in [0.1, 0.15) is 5.41 Å². The Morgan fingerprint density at radius 2 is 1.95 bits per heavy atom. The minimum Gasteiger partial charge on any atom is -0.465 e. The number of benzene rings is 1. The van der Waals surface area contributed by atoms with Gasteiger partial charge in [-0.25, -0.2) is 8.42 Å². The maximum absolute atomic E-state index is 12.3. The quantitative estimate of drug-likeness (QED) is 0.787. The van der Waals surface area contributed by atoms with Gasteiger partial charge < -0.3 is 10.5 Å². The van der Waals surface area contributed by atoms with Crippen LogP contribution >= 0.6 is 15.9 Å². The molecule has 0 bridgehead atoms. The number of sulfone groups is 1. The second kappa shape index (κ2) is 5.70. The summed E-state index contributed by atoms with van der Waals surface area (Å²) in [5.41, 5.74) is 5.39. The van der Waals surface area contributed by atoms with E-state index in [9.17, 15) is 13.2 Å². The lowest BCUT2D eigenvalue weighted by Crippen LogP contribution is -2.33.